The molecule has 1 N–H and O–H groups in total. The van der Waals surface area contributed by atoms with Crippen molar-refractivity contribution < 1.29 is 9.90 Å². The summed E-state index contributed by atoms with van der Waals surface area (Å²) in [5, 5.41) is 9.49. The average Bonchev–Trinajstić information content (AvgIpc) is 2.59. The van der Waals surface area contributed by atoms with Crippen LogP contribution in [0.1, 0.15) is 36.8 Å². The fourth-order valence-corrected chi connectivity index (χ4v) is 2.97. The van der Waals surface area contributed by atoms with E-state index < -0.39 is 12.0 Å². The van der Waals surface area contributed by atoms with E-state index in [0.717, 1.165) is 36.4 Å². The number of piperidine rings is 1. The van der Waals surface area contributed by atoms with Crippen LogP contribution < -0.4 is 0 Å². The normalized spacial score (nSPS) is 18.8. The van der Waals surface area contributed by atoms with Gasteiger partial charge in [0, 0.05) is 7.05 Å². The zero-order valence-corrected chi connectivity index (χ0v) is 12.3. The Morgan fingerprint density at radius 3 is 2.44 bits per heavy atom. The molecule has 1 fully saturated rings. The number of nitrogens with zero attached hydrogens (tertiary/aromatic N) is 3. The highest BCUT2D eigenvalue weighted by Gasteiger charge is 2.32. The number of carboxylic acids is 1. The van der Waals surface area contributed by atoms with Gasteiger partial charge in [-0.25, -0.2) is 4.98 Å². The summed E-state index contributed by atoms with van der Waals surface area (Å²) in [5.74, 6) is -0.00386. The quantitative estimate of drug-likeness (QED) is 0.928. The number of hydrogen-bond acceptors (Lipinski definition) is 3. The smallest absolute Gasteiger partial charge is 0.327 e. The van der Waals surface area contributed by atoms with Crippen molar-refractivity contribution in [3.05, 3.63) is 16.1 Å². The lowest BCUT2D eigenvalue weighted by atomic mass is 10.1. The summed E-state index contributed by atoms with van der Waals surface area (Å²) < 4.78 is 2.63. The fraction of sp³-hybridized carbons (Fsp3) is 0.667. The summed E-state index contributed by atoms with van der Waals surface area (Å²) in [6, 6.07) is -0.639. The van der Waals surface area contributed by atoms with Gasteiger partial charge in [-0.15, -0.1) is 0 Å². The highest BCUT2D eigenvalue weighted by Crippen LogP contribution is 2.30. The molecule has 100 valence electrons. The van der Waals surface area contributed by atoms with E-state index in [1.165, 1.54) is 6.42 Å². The molecule has 5 nitrogen and oxygen atoms in total. The first kappa shape index (κ1) is 13.5. The first-order chi connectivity index (χ1) is 8.52. The zero-order chi connectivity index (χ0) is 13.3. The first-order valence-electron chi connectivity index (χ1n) is 6.18. The minimum Gasteiger partial charge on any atom is -0.480 e. The Labute approximate surface area is 115 Å². The van der Waals surface area contributed by atoms with Crippen LogP contribution in [0, 0.1) is 6.92 Å². The number of rotatable bonds is 3. The highest BCUT2D eigenvalue weighted by molar-refractivity contribution is 9.10. The molecule has 0 radical (unpaired) electrons. The molecular weight excluding hydrogens is 298 g/mol. The van der Waals surface area contributed by atoms with Crippen LogP contribution in [0.15, 0.2) is 4.60 Å². The molecule has 0 bridgehead atoms. The van der Waals surface area contributed by atoms with Gasteiger partial charge in [-0.3, -0.25) is 9.69 Å². The van der Waals surface area contributed by atoms with E-state index in [4.69, 9.17) is 0 Å². The van der Waals surface area contributed by atoms with E-state index in [0.29, 0.717) is 5.69 Å². The third-order valence-electron chi connectivity index (χ3n) is 3.52. The van der Waals surface area contributed by atoms with Crippen molar-refractivity contribution in [3.8, 4) is 0 Å². The average molecular weight is 316 g/mol. The van der Waals surface area contributed by atoms with Gasteiger partial charge in [-0.1, -0.05) is 6.42 Å². The summed E-state index contributed by atoms with van der Waals surface area (Å²) >= 11 is 3.45. The maximum absolute atomic E-state index is 11.6. The van der Waals surface area contributed by atoms with Crippen molar-refractivity contribution in [2.45, 2.75) is 32.2 Å². The predicted molar refractivity (Wildman–Crippen MR) is 71.4 cm³/mol. The molecule has 2 rings (SSSR count). The minimum atomic E-state index is -0.823. The summed E-state index contributed by atoms with van der Waals surface area (Å²) in [6.07, 6.45) is 3.31. The van der Waals surface area contributed by atoms with Gasteiger partial charge < -0.3 is 9.67 Å². The number of aryl methyl sites for hydroxylation is 1. The number of carboxylic acid groups (broad SMARTS) is 1. The van der Waals surface area contributed by atoms with Crippen LogP contribution in [0.2, 0.25) is 0 Å². The summed E-state index contributed by atoms with van der Waals surface area (Å²) in [4.78, 5) is 18.0. The number of hydrogen-bond donors (Lipinski definition) is 1. The Kier molecular flexibility index (Phi) is 4.07. The third-order valence-corrected chi connectivity index (χ3v) is 4.46. The van der Waals surface area contributed by atoms with Crippen LogP contribution in [0.5, 0.6) is 0 Å². The zero-order valence-electron chi connectivity index (χ0n) is 10.7. The number of likely N-dealkylation sites (tertiary alicyclic amines) is 1. The van der Waals surface area contributed by atoms with Crippen molar-refractivity contribution in [3.63, 3.8) is 0 Å². The van der Waals surface area contributed by atoms with Crippen LogP contribution >= 0.6 is 15.9 Å². The van der Waals surface area contributed by atoms with Gasteiger partial charge in [0.1, 0.15) is 16.1 Å². The molecule has 1 aliphatic heterocycles. The van der Waals surface area contributed by atoms with Crippen molar-refractivity contribution in [2.75, 3.05) is 13.1 Å². The Hall–Kier alpha value is -0.880. The summed E-state index contributed by atoms with van der Waals surface area (Å²) in [6.45, 7) is 3.54. The van der Waals surface area contributed by atoms with Gasteiger partial charge in [0.2, 0.25) is 0 Å². The maximum Gasteiger partial charge on any atom is 0.327 e. The predicted octanol–water partition coefficient (Wildman–Crippen LogP) is 2.10. The number of carbonyl (C=O) groups is 1. The Bertz CT molecular complexity index is 452. The number of aromatic nitrogens is 2. The Morgan fingerprint density at radius 1 is 1.39 bits per heavy atom. The van der Waals surface area contributed by atoms with E-state index in [9.17, 15) is 9.90 Å². The molecule has 1 aromatic rings. The van der Waals surface area contributed by atoms with E-state index in [1.54, 1.807) is 0 Å². The first-order valence-corrected chi connectivity index (χ1v) is 6.97. The molecule has 1 aromatic heterocycles. The van der Waals surface area contributed by atoms with E-state index >= 15 is 0 Å². The minimum absolute atomic E-state index is 0.615. The number of imidazole rings is 1. The molecular formula is C12H18BrN3O2. The molecule has 1 atom stereocenters. The van der Waals surface area contributed by atoms with Crippen LogP contribution in [0.4, 0.5) is 0 Å². The van der Waals surface area contributed by atoms with E-state index in [1.807, 2.05) is 23.4 Å². The van der Waals surface area contributed by atoms with E-state index in [-0.39, 0.29) is 0 Å². The van der Waals surface area contributed by atoms with Crippen LogP contribution in [-0.4, -0.2) is 38.6 Å². The van der Waals surface area contributed by atoms with Gasteiger partial charge in [-0.05, 0) is 48.8 Å². The van der Waals surface area contributed by atoms with Crippen molar-refractivity contribution in [1.82, 2.24) is 14.5 Å². The van der Waals surface area contributed by atoms with Gasteiger partial charge in [0.15, 0.2) is 6.04 Å². The number of aliphatic carboxylic acids is 1. The van der Waals surface area contributed by atoms with Crippen LogP contribution in [0.25, 0.3) is 0 Å². The van der Waals surface area contributed by atoms with E-state index in [2.05, 4.69) is 20.9 Å². The molecule has 1 aliphatic rings. The molecule has 0 aromatic carbocycles. The van der Waals surface area contributed by atoms with Crippen molar-refractivity contribution in [2.24, 2.45) is 7.05 Å². The van der Waals surface area contributed by atoms with Crippen molar-refractivity contribution >= 4 is 21.9 Å². The second-order valence-electron chi connectivity index (χ2n) is 4.73. The lowest BCUT2D eigenvalue weighted by Gasteiger charge is -2.31. The lowest BCUT2D eigenvalue weighted by Crippen LogP contribution is -2.38. The lowest BCUT2D eigenvalue weighted by molar-refractivity contribution is -0.144. The molecule has 0 amide bonds. The standard InChI is InChI=1S/C12H18BrN3O2/c1-8-14-9(11(13)15(8)2)10(12(17)18)16-6-4-3-5-7-16/h10H,3-7H2,1-2H3,(H,17,18). The van der Waals surface area contributed by atoms with Crippen LogP contribution in [0.3, 0.4) is 0 Å². The van der Waals surface area contributed by atoms with Gasteiger partial charge in [-0.2, -0.15) is 0 Å². The monoisotopic (exact) mass is 315 g/mol. The second kappa shape index (κ2) is 5.40. The summed E-state index contributed by atoms with van der Waals surface area (Å²) in [5.41, 5.74) is 0.615. The molecule has 1 saturated heterocycles. The second-order valence-corrected chi connectivity index (χ2v) is 5.48. The molecule has 0 spiro atoms. The SMILES string of the molecule is Cc1nc(C(C(=O)O)N2CCCCC2)c(Br)n1C. The van der Waals surface area contributed by atoms with Gasteiger partial charge in [0.05, 0.1) is 0 Å². The molecule has 1 unspecified atom stereocenters. The van der Waals surface area contributed by atoms with Gasteiger partial charge >= 0.3 is 5.97 Å². The Balaban J connectivity index is 2.34. The topological polar surface area (TPSA) is 58.4 Å². The fourth-order valence-electron chi connectivity index (χ4n) is 2.41. The van der Waals surface area contributed by atoms with Crippen molar-refractivity contribution in [1.29, 1.82) is 0 Å². The Morgan fingerprint density at radius 2 is 2.00 bits per heavy atom. The summed E-state index contributed by atoms with van der Waals surface area (Å²) in [7, 11) is 1.88. The molecule has 2 heterocycles. The number of halogens is 1. The van der Waals surface area contributed by atoms with Crippen LogP contribution in [-0.2, 0) is 11.8 Å². The molecule has 6 heteroatoms. The largest absolute Gasteiger partial charge is 0.480 e. The molecule has 18 heavy (non-hydrogen) atoms. The molecule has 0 aliphatic carbocycles. The molecule has 0 saturated carbocycles. The van der Waals surface area contributed by atoms with Gasteiger partial charge in [0.25, 0.3) is 0 Å². The third kappa shape index (κ3) is 2.44. The maximum atomic E-state index is 11.6. The highest BCUT2D eigenvalue weighted by atomic mass is 79.9.